The number of carbonyl (C=O) groups excluding carboxylic acids is 2. The van der Waals surface area contributed by atoms with Gasteiger partial charge in [0, 0.05) is 51.5 Å². The minimum atomic E-state index is -0.614. The van der Waals surface area contributed by atoms with Gasteiger partial charge in [-0.3, -0.25) is 15.0 Å². The van der Waals surface area contributed by atoms with Gasteiger partial charge in [-0.25, -0.2) is 14.8 Å². The monoisotopic (exact) mass is 441 g/mol. The lowest BCUT2D eigenvalue weighted by molar-refractivity contribution is 0.0945. The molecule has 0 unspecified atom stereocenters. The number of piperazine rings is 1. The predicted octanol–water partition coefficient (Wildman–Crippen LogP) is 1.97. The Morgan fingerprint density at radius 2 is 1.94 bits per heavy atom. The normalized spacial score (nSPS) is 16.5. The van der Waals surface area contributed by atoms with E-state index in [1.807, 2.05) is 24.0 Å². The van der Waals surface area contributed by atoms with Gasteiger partial charge in [-0.2, -0.15) is 4.39 Å². The maximum atomic E-state index is 14.6. The minimum absolute atomic E-state index is 0.117. The van der Waals surface area contributed by atoms with Crippen LogP contribution in [0.5, 0.6) is 0 Å². The van der Waals surface area contributed by atoms with Gasteiger partial charge in [0.15, 0.2) is 0 Å². The first-order valence-electron chi connectivity index (χ1n) is 11.0. The van der Waals surface area contributed by atoms with Crippen molar-refractivity contribution >= 4 is 23.4 Å². The number of anilines is 2. The number of urea groups is 1. The number of amides is 3. The van der Waals surface area contributed by atoms with Crippen molar-refractivity contribution in [1.29, 1.82) is 0 Å². The number of nitrogens with one attached hydrogen (secondary N) is 3. The third kappa shape index (κ3) is 5.70. The van der Waals surface area contributed by atoms with E-state index in [1.54, 1.807) is 18.3 Å². The van der Waals surface area contributed by atoms with Crippen LogP contribution < -0.4 is 20.9 Å². The molecule has 1 saturated heterocycles. The topological polar surface area (TPSA) is 102 Å². The summed E-state index contributed by atoms with van der Waals surface area (Å²) < 4.78 is 14.6. The largest absolute Gasteiger partial charge is 0.365 e. The van der Waals surface area contributed by atoms with Crippen molar-refractivity contribution < 1.29 is 14.0 Å². The minimum Gasteiger partial charge on any atom is -0.365 e. The zero-order valence-electron chi connectivity index (χ0n) is 18.1. The van der Waals surface area contributed by atoms with Crippen molar-refractivity contribution in [3.05, 3.63) is 47.7 Å². The van der Waals surface area contributed by atoms with Crippen LogP contribution >= 0.6 is 0 Å². The molecule has 4 rings (SSSR count). The Balaban J connectivity index is 1.30. The highest BCUT2D eigenvalue weighted by atomic mass is 19.1. The number of halogens is 1. The molecule has 10 heteroatoms. The van der Waals surface area contributed by atoms with Crippen LogP contribution in [0, 0.1) is 5.95 Å². The fourth-order valence-corrected chi connectivity index (χ4v) is 3.64. The first-order chi connectivity index (χ1) is 15.5. The number of nitrogens with zero attached hydrogens (tertiary/aromatic N) is 4. The Morgan fingerprint density at radius 3 is 2.62 bits per heavy atom. The summed E-state index contributed by atoms with van der Waals surface area (Å²) in [4.78, 5) is 36.0. The number of carbonyl (C=O) groups is 2. The molecule has 0 radical (unpaired) electrons. The van der Waals surface area contributed by atoms with Crippen molar-refractivity contribution in [3.63, 3.8) is 0 Å². The fraction of sp³-hybridized carbons (Fsp3) is 0.455. The number of rotatable bonds is 7. The quantitative estimate of drug-likeness (QED) is 0.568. The van der Waals surface area contributed by atoms with E-state index in [1.165, 1.54) is 0 Å². The van der Waals surface area contributed by atoms with Crippen LogP contribution in [0.15, 0.2) is 30.5 Å². The number of hydrogen-bond acceptors (Lipinski definition) is 6. The molecule has 1 aliphatic heterocycles. The van der Waals surface area contributed by atoms with Crippen molar-refractivity contribution in [2.24, 2.45) is 0 Å². The molecule has 32 heavy (non-hydrogen) atoms. The van der Waals surface area contributed by atoms with Gasteiger partial charge in [-0.15, -0.1) is 0 Å². The molecule has 0 spiro atoms. The van der Waals surface area contributed by atoms with Gasteiger partial charge < -0.3 is 15.5 Å². The second kappa shape index (κ2) is 9.90. The molecule has 2 aromatic rings. The van der Waals surface area contributed by atoms with Crippen molar-refractivity contribution in [1.82, 2.24) is 25.5 Å². The molecule has 3 amide bonds. The van der Waals surface area contributed by atoms with E-state index in [4.69, 9.17) is 0 Å². The molecule has 0 atom stereocenters. The van der Waals surface area contributed by atoms with Gasteiger partial charge in [0.2, 0.25) is 5.95 Å². The van der Waals surface area contributed by atoms with Gasteiger partial charge in [0.25, 0.3) is 5.91 Å². The number of hydrogen-bond donors (Lipinski definition) is 3. The summed E-state index contributed by atoms with van der Waals surface area (Å²) in [7, 11) is 0. The average molecular weight is 442 g/mol. The van der Waals surface area contributed by atoms with Gasteiger partial charge in [0.1, 0.15) is 11.5 Å². The highest BCUT2D eigenvalue weighted by molar-refractivity contribution is 5.92. The lowest BCUT2D eigenvalue weighted by Gasteiger charge is -2.36. The maximum absolute atomic E-state index is 14.6. The molecule has 1 aliphatic carbocycles. The number of aromatic nitrogens is 2. The van der Waals surface area contributed by atoms with Crippen LogP contribution in [-0.2, 0) is 6.54 Å². The Bertz CT molecular complexity index is 975. The second-order valence-corrected chi connectivity index (χ2v) is 8.05. The van der Waals surface area contributed by atoms with Crippen LogP contribution in [0.2, 0.25) is 0 Å². The van der Waals surface area contributed by atoms with Gasteiger partial charge in [-0.05, 0) is 49.6 Å². The zero-order chi connectivity index (χ0) is 22.5. The smallest absolute Gasteiger partial charge is 0.320 e. The lowest BCUT2D eigenvalue weighted by Crippen LogP contribution is -2.46. The summed E-state index contributed by atoms with van der Waals surface area (Å²) in [5, 5.41) is 8.22. The van der Waals surface area contributed by atoms with Gasteiger partial charge in [0.05, 0.1) is 5.69 Å². The molecular weight excluding hydrogens is 413 g/mol. The van der Waals surface area contributed by atoms with E-state index < -0.39 is 5.95 Å². The standard InChI is InChI=1S/C22H28FN7O2/c1-2-24-22(32)28-19-13-15(7-8-25-19)14-29-9-11-30(12-10-29)18-6-5-17(27-20(18)23)21(31)26-16-3-4-16/h5-8,13,16H,2-4,9-12,14H2,1H3,(H,26,31)(H2,24,25,28,32). The average Bonchev–Trinajstić information content (AvgIpc) is 3.59. The Labute approximate surface area is 186 Å². The van der Waals surface area contributed by atoms with E-state index in [9.17, 15) is 14.0 Å². The Kier molecular flexibility index (Phi) is 6.79. The van der Waals surface area contributed by atoms with Crippen LogP contribution in [0.25, 0.3) is 0 Å². The van der Waals surface area contributed by atoms with E-state index in [-0.39, 0.29) is 23.7 Å². The van der Waals surface area contributed by atoms with E-state index in [0.717, 1.165) is 31.5 Å². The van der Waals surface area contributed by atoms with Crippen molar-refractivity contribution in [2.45, 2.75) is 32.4 Å². The van der Waals surface area contributed by atoms with Crippen LogP contribution in [0.1, 0.15) is 35.8 Å². The molecule has 2 fully saturated rings. The summed E-state index contributed by atoms with van der Waals surface area (Å²) in [6.45, 7) is 5.92. The molecule has 3 heterocycles. The zero-order valence-corrected chi connectivity index (χ0v) is 18.1. The second-order valence-electron chi connectivity index (χ2n) is 8.05. The fourth-order valence-electron chi connectivity index (χ4n) is 3.64. The lowest BCUT2D eigenvalue weighted by atomic mass is 10.2. The Hall–Kier alpha value is -3.27. The number of pyridine rings is 2. The predicted molar refractivity (Wildman–Crippen MR) is 119 cm³/mol. The van der Waals surface area contributed by atoms with Crippen molar-refractivity contribution in [2.75, 3.05) is 42.9 Å². The van der Waals surface area contributed by atoms with Crippen LogP contribution in [0.3, 0.4) is 0 Å². The highest BCUT2D eigenvalue weighted by Gasteiger charge is 2.26. The van der Waals surface area contributed by atoms with E-state index >= 15 is 0 Å². The summed E-state index contributed by atoms with van der Waals surface area (Å²) in [6.07, 6.45) is 3.62. The van der Waals surface area contributed by atoms with Gasteiger partial charge in [-0.1, -0.05) is 0 Å². The molecule has 170 valence electrons. The highest BCUT2D eigenvalue weighted by Crippen LogP contribution is 2.22. The first kappa shape index (κ1) is 21.9. The summed E-state index contributed by atoms with van der Waals surface area (Å²) in [6, 6.07) is 6.93. The third-order valence-corrected chi connectivity index (χ3v) is 5.50. The molecule has 2 aliphatic rings. The maximum Gasteiger partial charge on any atom is 0.320 e. The van der Waals surface area contributed by atoms with E-state index in [2.05, 4.69) is 30.8 Å². The summed E-state index contributed by atoms with van der Waals surface area (Å²) in [5.41, 5.74) is 1.58. The first-order valence-corrected chi connectivity index (χ1v) is 11.0. The molecule has 0 bridgehead atoms. The summed E-state index contributed by atoms with van der Waals surface area (Å²) >= 11 is 0. The SMILES string of the molecule is CCNC(=O)Nc1cc(CN2CCN(c3ccc(C(=O)NC4CC4)nc3F)CC2)ccn1. The molecular formula is C22H28FN7O2. The molecule has 2 aromatic heterocycles. The molecule has 9 nitrogen and oxygen atoms in total. The van der Waals surface area contributed by atoms with E-state index in [0.29, 0.717) is 37.7 Å². The molecule has 3 N–H and O–H groups in total. The summed E-state index contributed by atoms with van der Waals surface area (Å²) in [5.74, 6) is -0.427. The molecule has 0 aromatic carbocycles. The van der Waals surface area contributed by atoms with Gasteiger partial charge >= 0.3 is 6.03 Å². The van der Waals surface area contributed by atoms with Crippen molar-refractivity contribution in [3.8, 4) is 0 Å². The third-order valence-electron chi connectivity index (χ3n) is 5.50. The Morgan fingerprint density at radius 1 is 1.16 bits per heavy atom. The van der Waals surface area contributed by atoms with Crippen LogP contribution in [-0.4, -0.2) is 65.6 Å². The van der Waals surface area contributed by atoms with Crippen LogP contribution in [0.4, 0.5) is 20.7 Å². The molecule has 1 saturated carbocycles.